The van der Waals surface area contributed by atoms with Crippen LogP contribution in [-0.2, 0) is 9.59 Å². The van der Waals surface area contributed by atoms with Crippen molar-refractivity contribution in [3.63, 3.8) is 0 Å². The van der Waals surface area contributed by atoms with Crippen LogP contribution in [0.2, 0.25) is 0 Å². The summed E-state index contributed by atoms with van der Waals surface area (Å²) in [7, 11) is 0. The molecule has 144 valence electrons. The Hall–Kier alpha value is -2.40. The van der Waals surface area contributed by atoms with Crippen molar-refractivity contribution in [2.75, 3.05) is 4.90 Å². The Morgan fingerprint density at radius 3 is 2.39 bits per heavy atom. The molecule has 1 atom stereocenters. The highest BCUT2D eigenvalue weighted by Gasteiger charge is 2.55. The third kappa shape index (κ3) is 3.63. The molecule has 2 aromatic carbocycles. The lowest BCUT2D eigenvalue weighted by molar-refractivity contribution is -0.137. The maximum Gasteiger partial charge on any atom is 0.251 e. The molecule has 1 saturated heterocycles. The van der Waals surface area contributed by atoms with Crippen LogP contribution in [0.15, 0.2) is 65.1 Å². The number of anilines is 1. The summed E-state index contributed by atoms with van der Waals surface area (Å²) in [6, 6.07) is 17.6. The molecule has 1 aliphatic heterocycles. The summed E-state index contributed by atoms with van der Waals surface area (Å²) >= 11 is 3.43. The van der Waals surface area contributed by atoms with Crippen LogP contribution in [0.1, 0.15) is 37.7 Å². The van der Waals surface area contributed by atoms with Crippen molar-refractivity contribution in [3.8, 4) is 0 Å². The molecule has 0 aromatic heterocycles. The van der Waals surface area contributed by atoms with Gasteiger partial charge in [-0.15, -0.1) is 0 Å². The summed E-state index contributed by atoms with van der Waals surface area (Å²) in [4.78, 5) is 27.6. The van der Waals surface area contributed by atoms with Gasteiger partial charge in [-0.3, -0.25) is 14.5 Å². The second kappa shape index (κ2) is 7.92. The van der Waals surface area contributed by atoms with Crippen LogP contribution in [0.5, 0.6) is 0 Å². The number of carbonyl (C=O) groups is 2. The lowest BCUT2D eigenvalue weighted by Gasteiger charge is -2.49. The number of halogens is 1. The minimum absolute atomic E-state index is 0.0402. The minimum Gasteiger partial charge on any atom is -0.351 e. The molecule has 0 unspecified atom stereocenters. The summed E-state index contributed by atoms with van der Waals surface area (Å²) in [5.41, 5.74) is 0.757. The monoisotopic (exact) mass is 438 g/mol. The average Bonchev–Trinajstić information content (AvgIpc) is 3.20. The van der Waals surface area contributed by atoms with Gasteiger partial charge in [0.05, 0.1) is 6.42 Å². The molecule has 4 nitrogen and oxygen atoms in total. The first-order valence-electron chi connectivity index (χ1n) is 9.72. The van der Waals surface area contributed by atoms with Gasteiger partial charge in [0.1, 0.15) is 0 Å². The zero-order valence-corrected chi connectivity index (χ0v) is 17.2. The lowest BCUT2D eigenvalue weighted by Crippen LogP contribution is -2.70. The normalized spacial score (nSPS) is 22.5. The number of benzene rings is 2. The Kier molecular flexibility index (Phi) is 5.36. The topological polar surface area (TPSA) is 49.4 Å². The van der Waals surface area contributed by atoms with Gasteiger partial charge in [0.25, 0.3) is 5.91 Å². The van der Waals surface area contributed by atoms with Crippen LogP contribution < -0.4 is 10.2 Å². The number of amides is 2. The third-order valence-corrected chi connectivity index (χ3v) is 6.12. The second-order valence-electron chi connectivity index (χ2n) is 7.51. The zero-order chi connectivity index (χ0) is 19.6. The van der Waals surface area contributed by atoms with E-state index in [-0.39, 0.29) is 24.3 Å². The van der Waals surface area contributed by atoms with Crippen LogP contribution in [0.3, 0.4) is 0 Å². The molecular formula is C23H23BrN2O2. The zero-order valence-electron chi connectivity index (χ0n) is 15.6. The van der Waals surface area contributed by atoms with Gasteiger partial charge < -0.3 is 5.32 Å². The minimum atomic E-state index is -0.983. The molecule has 2 amide bonds. The standard InChI is InChI=1S/C23H23BrN2O2/c24-18-10-12-20(13-11-18)26-21(27)16-23(26,15-14-17-6-2-1-3-7-17)22(28)25-19-8-4-5-9-19/h1-3,6-7,10-15,19H,4-5,8-9,16H2,(H,25,28)/b15-14+/t23-/m1/s1. The van der Waals surface area contributed by atoms with Crippen LogP contribution in [0, 0.1) is 0 Å². The quantitative estimate of drug-likeness (QED) is 0.687. The molecule has 0 bridgehead atoms. The summed E-state index contributed by atoms with van der Waals surface area (Å²) in [6.07, 6.45) is 8.32. The van der Waals surface area contributed by atoms with Crippen molar-refractivity contribution in [1.29, 1.82) is 0 Å². The Morgan fingerprint density at radius 1 is 1.07 bits per heavy atom. The maximum absolute atomic E-state index is 13.4. The van der Waals surface area contributed by atoms with Crippen LogP contribution in [0.25, 0.3) is 6.08 Å². The van der Waals surface area contributed by atoms with E-state index in [1.54, 1.807) is 4.90 Å². The van der Waals surface area contributed by atoms with Crippen LogP contribution in [-0.4, -0.2) is 23.4 Å². The number of carbonyl (C=O) groups excluding carboxylic acids is 2. The fraction of sp³-hybridized carbons (Fsp3) is 0.304. The number of hydrogen-bond donors (Lipinski definition) is 1. The van der Waals surface area contributed by atoms with E-state index >= 15 is 0 Å². The second-order valence-corrected chi connectivity index (χ2v) is 8.42. The SMILES string of the molecule is O=C1C[C@](/C=C/c2ccccc2)(C(=O)NC2CCCC2)N1c1ccc(Br)cc1. The maximum atomic E-state index is 13.4. The Labute approximate surface area is 173 Å². The summed E-state index contributed by atoms with van der Waals surface area (Å²) in [5, 5.41) is 3.20. The molecule has 0 spiro atoms. The molecular weight excluding hydrogens is 416 g/mol. The van der Waals surface area contributed by atoms with Crippen molar-refractivity contribution < 1.29 is 9.59 Å². The smallest absolute Gasteiger partial charge is 0.251 e. The largest absolute Gasteiger partial charge is 0.351 e. The molecule has 5 heteroatoms. The van der Waals surface area contributed by atoms with Crippen molar-refractivity contribution in [1.82, 2.24) is 5.32 Å². The van der Waals surface area contributed by atoms with Crippen LogP contribution in [0.4, 0.5) is 5.69 Å². The van der Waals surface area contributed by atoms with E-state index in [0.717, 1.165) is 41.4 Å². The first kappa shape index (κ1) is 18.9. The van der Waals surface area contributed by atoms with E-state index in [0.29, 0.717) is 0 Å². The summed E-state index contributed by atoms with van der Waals surface area (Å²) in [6.45, 7) is 0. The Morgan fingerprint density at radius 2 is 1.75 bits per heavy atom. The van der Waals surface area contributed by atoms with Gasteiger partial charge in [0.2, 0.25) is 5.91 Å². The van der Waals surface area contributed by atoms with Gasteiger partial charge in [0.15, 0.2) is 5.54 Å². The summed E-state index contributed by atoms with van der Waals surface area (Å²) < 4.78 is 0.935. The van der Waals surface area contributed by atoms with E-state index in [9.17, 15) is 9.59 Å². The van der Waals surface area contributed by atoms with E-state index in [1.165, 1.54) is 0 Å². The summed E-state index contributed by atoms with van der Waals surface area (Å²) in [5.74, 6) is -0.129. The predicted molar refractivity (Wildman–Crippen MR) is 115 cm³/mol. The molecule has 28 heavy (non-hydrogen) atoms. The van der Waals surface area contributed by atoms with Crippen molar-refractivity contribution in [2.24, 2.45) is 0 Å². The lowest BCUT2D eigenvalue weighted by atomic mass is 9.80. The number of nitrogens with zero attached hydrogens (tertiary/aromatic N) is 1. The average molecular weight is 439 g/mol. The molecule has 1 aliphatic carbocycles. The molecule has 1 heterocycles. The van der Waals surface area contributed by atoms with Gasteiger partial charge >= 0.3 is 0 Å². The molecule has 4 rings (SSSR count). The number of hydrogen-bond acceptors (Lipinski definition) is 2. The first-order valence-corrected chi connectivity index (χ1v) is 10.5. The van der Waals surface area contributed by atoms with Gasteiger partial charge in [-0.05, 0) is 48.7 Å². The molecule has 0 radical (unpaired) electrons. The van der Waals surface area contributed by atoms with Crippen molar-refractivity contribution in [2.45, 2.75) is 43.7 Å². The number of β-lactam (4-membered cyclic amide) rings is 1. The van der Waals surface area contributed by atoms with Crippen LogP contribution >= 0.6 is 15.9 Å². The predicted octanol–water partition coefficient (Wildman–Crippen LogP) is 4.70. The molecule has 1 N–H and O–H groups in total. The van der Waals surface area contributed by atoms with E-state index in [2.05, 4.69) is 21.2 Å². The third-order valence-electron chi connectivity index (χ3n) is 5.59. The molecule has 2 fully saturated rings. The Bertz CT molecular complexity index is 889. The molecule has 2 aromatic rings. The fourth-order valence-corrected chi connectivity index (χ4v) is 4.32. The van der Waals surface area contributed by atoms with E-state index < -0.39 is 5.54 Å². The highest BCUT2D eigenvalue weighted by Crippen LogP contribution is 2.40. The van der Waals surface area contributed by atoms with Crippen molar-refractivity contribution >= 4 is 39.5 Å². The van der Waals surface area contributed by atoms with Gasteiger partial charge in [-0.2, -0.15) is 0 Å². The fourth-order valence-electron chi connectivity index (χ4n) is 4.05. The molecule has 1 saturated carbocycles. The Balaban J connectivity index is 1.68. The van der Waals surface area contributed by atoms with E-state index in [1.807, 2.05) is 66.7 Å². The molecule has 2 aliphatic rings. The van der Waals surface area contributed by atoms with Gasteiger partial charge in [0, 0.05) is 16.2 Å². The van der Waals surface area contributed by atoms with Gasteiger partial charge in [-0.25, -0.2) is 0 Å². The van der Waals surface area contributed by atoms with Gasteiger partial charge in [-0.1, -0.05) is 65.2 Å². The number of nitrogens with one attached hydrogen (secondary N) is 1. The number of rotatable bonds is 5. The highest BCUT2D eigenvalue weighted by molar-refractivity contribution is 9.10. The van der Waals surface area contributed by atoms with Crippen molar-refractivity contribution in [3.05, 3.63) is 70.7 Å². The first-order chi connectivity index (χ1) is 13.6. The highest BCUT2D eigenvalue weighted by atomic mass is 79.9. The van der Waals surface area contributed by atoms with E-state index in [4.69, 9.17) is 0 Å².